The Labute approximate surface area is 131 Å². The molecule has 1 fully saturated rings. The Morgan fingerprint density at radius 3 is 2.27 bits per heavy atom. The van der Waals surface area contributed by atoms with Crippen molar-refractivity contribution in [1.29, 1.82) is 0 Å². The normalized spacial score (nSPS) is 18.1. The van der Waals surface area contributed by atoms with E-state index in [0.29, 0.717) is 5.92 Å². The molecule has 0 amide bonds. The van der Waals surface area contributed by atoms with Crippen molar-refractivity contribution < 1.29 is 9.13 Å². The van der Waals surface area contributed by atoms with Gasteiger partial charge in [0, 0.05) is 5.92 Å². The quantitative estimate of drug-likeness (QED) is 0.835. The van der Waals surface area contributed by atoms with Gasteiger partial charge in [0.1, 0.15) is 17.7 Å². The summed E-state index contributed by atoms with van der Waals surface area (Å²) in [6.45, 7) is 2.20. The highest BCUT2D eigenvalue weighted by atomic mass is 19.1. The van der Waals surface area contributed by atoms with E-state index in [1.807, 2.05) is 18.2 Å². The number of ether oxygens (including phenoxy) is 1. The molecule has 0 unspecified atom stereocenters. The van der Waals surface area contributed by atoms with Gasteiger partial charge < -0.3 is 9.64 Å². The SMILES string of the molecule is CN1CCC([C@H](Oc2ccc(F)cc2)c2ccccc2)CC1. The van der Waals surface area contributed by atoms with Crippen molar-refractivity contribution in [1.82, 2.24) is 4.90 Å². The second-order valence-corrected chi connectivity index (χ2v) is 6.04. The van der Waals surface area contributed by atoms with Crippen molar-refractivity contribution in [2.75, 3.05) is 20.1 Å². The van der Waals surface area contributed by atoms with E-state index in [-0.39, 0.29) is 11.9 Å². The van der Waals surface area contributed by atoms with Crippen LogP contribution in [0.15, 0.2) is 54.6 Å². The van der Waals surface area contributed by atoms with Gasteiger partial charge in [-0.25, -0.2) is 4.39 Å². The number of likely N-dealkylation sites (tertiary alicyclic amines) is 1. The Balaban J connectivity index is 1.81. The summed E-state index contributed by atoms with van der Waals surface area (Å²) >= 11 is 0. The van der Waals surface area contributed by atoms with E-state index < -0.39 is 0 Å². The maximum absolute atomic E-state index is 13.1. The molecule has 1 atom stereocenters. The topological polar surface area (TPSA) is 12.5 Å². The van der Waals surface area contributed by atoms with Crippen LogP contribution in [0.3, 0.4) is 0 Å². The third kappa shape index (κ3) is 3.66. The molecule has 0 radical (unpaired) electrons. The zero-order chi connectivity index (χ0) is 15.4. The Morgan fingerprint density at radius 1 is 1.00 bits per heavy atom. The van der Waals surface area contributed by atoms with E-state index in [1.54, 1.807) is 12.1 Å². The van der Waals surface area contributed by atoms with Gasteiger partial charge in [0.15, 0.2) is 0 Å². The van der Waals surface area contributed by atoms with Gasteiger partial charge in [-0.1, -0.05) is 30.3 Å². The second-order valence-electron chi connectivity index (χ2n) is 6.04. The molecule has 1 heterocycles. The lowest BCUT2D eigenvalue weighted by Crippen LogP contribution is -2.34. The Bertz CT molecular complexity index is 576. The minimum absolute atomic E-state index is 0.0281. The lowest BCUT2D eigenvalue weighted by molar-refractivity contribution is 0.0849. The van der Waals surface area contributed by atoms with Gasteiger partial charge in [-0.15, -0.1) is 0 Å². The average Bonchev–Trinajstić information content (AvgIpc) is 2.56. The molecule has 0 aliphatic carbocycles. The smallest absolute Gasteiger partial charge is 0.127 e. The molecule has 0 aromatic heterocycles. The summed E-state index contributed by atoms with van der Waals surface area (Å²) in [6.07, 6.45) is 2.27. The van der Waals surface area contributed by atoms with Crippen LogP contribution < -0.4 is 4.74 Å². The van der Waals surface area contributed by atoms with E-state index in [4.69, 9.17) is 4.74 Å². The summed E-state index contributed by atoms with van der Waals surface area (Å²) in [5.74, 6) is 0.987. The number of benzene rings is 2. The van der Waals surface area contributed by atoms with Crippen molar-refractivity contribution in [2.45, 2.75) is 18.9 Å². The molecule has 116 valence electrons. The van der Waals surface area contributed by atoms with Crippen LogP contribution in [0, 0.1) is 11.7 Å². The number of piperidine rings is 1. The summed E-state index contributed by atoms with van der Waals surface area (Å²) in [5.41, 5.74) is 1.20. The van der Waals surface area contributed by atoms with Crippen LogP contribution in [-0.4, -0.2) is 25.0 Å². The number of hydrogen-bond donors (Lipinski definition) is 0. The first-order valence-electron chi connectivity index (χ1n) is 7.88. The summed E-state index contributed by atoms with van der Waals surface area (Å²) in [6, 6.07) is 16.7. The van der Waals surface area contributed by atoms with Crippen molar-refractivity contribution in [3.8, 4) is 5.75 Å². The molecule has 3 heteroatoms. The standard InChI is InChI=1S/C19H22FNO/c1-21-13-11-16(12-14-21)19(15-5-3-2-4-6-15)22-18-9-7-17(20)8-10-18/h2-10,16,19H,11-14H2,1H3/t19-/m1/s1. The summed E-state index contributed by atoms with van der Waals surface area (Å²) in [7, 11) is 2.16. The van der Waals surface area contributed by atoms with Crippen LogP contribution in [0.25, 0.3) is 0 Å². The van der Waals surface area contributed by atoms with Crippen LogP contribution in [0.1, 0.15) is 24.5 Å². The molecule has 0 spiro atoms. The number of rotatable bonds is 4. The Hall–Kier alpha value is -1.87. The molecule has 0 N–H and O–H groups in total. The van der Waals surface area contributed by atoms with E-state index in [9.17, 15) is 4.39 Å². The predicted molar refractivity (Wildman–Crippen MR) is 86.4 cm³/mol. The Kier molecular flexibility index (Phi) is 4.74. The first-order valence-corrected chi connectivity index (χ1v) is 7.88. The van der Waals surface area contributed by atoms with Crippen molar-refractivity contribution in [3.05, 3.63) is 66.0 Å². The van der Waals surface area contributed by atoms with Gasteiger partial charge in [-0.05, 0) is 62.8 Å². The second kappa shape index (κ2) is 6.93. The lowest BCUT2D eigenvalue weighted by Gasteiger charge is -2.34. The van der Waals surface area contributed by atoms with Gasteiger partial charge >= 0.3 is 0 Å². The molecule has 2 nitrogen and oxygen atoms in total. The van der Waals surface area contributed by atoms with Crippen molar-refractivity contribution >= 4 is 0 Å². The predicted octanol–water partition coefficient (Wildman–Crippen LogP) is 4.29. The maximum Gasteiger partial charge on any atom is 0.127 e. The molecule has 1 aliphatic rings. The van der Waals surface area contributed by atoms with Gasteiger partial charge in [0.05, 0.1) is 0 Å². The molecule has 0 bridgehead atoms. The highest BCUT2D eigenvalue weighted by Crippen LogP contribution is 2.34. The van der Waals surface area contributed by atoms with E-state index in [1.165, 1.54) is 17.7 Å². The molecule has 2 aromatic rings. The summed E-state index contributed by atoms with van der Waals surface area (Å²) in [4.78, 5) is 2.36. The van der Waals surface area contributed by atoms with Gasteiger partial charge in [-0.3, -0.25) is 0 Å². The third-order valence-electron chi connectivity index (χ3n) is 4.40. The summed E-state index contributed by atoms with van der Waals surface area (Å²) in [5, 5.41) is 0. The molecule has 0 saturated carbocycles. The molecule has 1 saturated heterocycles. The number of nitrogens with zero attached hydrogens (tertiary/aromatic N) is 1. The van der Waals surface area contributed by atoms with Crippen molar-refractivity contribution in [2.24, 2.45) is 5.92 Å². The van der Waals surface area contributed by atoms with Crippen LogP contribution >= 0.6 is 0 Å². The fourth-order valence-corrected chi connectivity index (χ4v) is 3.07. The van der Waals surface area contributed by atoms with Crippen LogP contribution in [0.2, 0.25) is 0 Å². The minimum atomic E-state index is -0.233. The van der Waals surface area contributed by atoms with Gasteiger partial charge in [0.25, 0.3) is 0 Å². The largest absolute Gasteiger partial charge is 0.485 e. The highest BCUT2D eigenvalue weighted by molar-refractivity contribution is 5.25. The first kappa shape index (κ1) is 15.0. The number of hydrogen-bond acceptors (Lipinski definition) is 2. The third-order valence-corrected chi connectivity index (χ3v) is 4.40. The fourth-order valence-electron chi connectivity index (χ4n) is 3.07. The lowest BCUT2D eigenvalue weighted by atomic mass is 9.87. The maximum atomic E-state index is 13.1. The fraction of sp³-hybridized carbons (Fsp3) is 0.368. The van der Waals surface area contributed by atoms with E-state index in [2.05, 4.69) is 24.1 Å². The summed E-state index contributed by atoms with van der Waals surface area (Å²) < 4.78 is 19.3. The molecule has 22 heavy (non-hydrogen) atoms. The van der Waals surface area contributed by atoms with Crippen LogP contribution in [-0.2, 0) is 0 Å². The Morgan fingerprint density at radius 2 is 1.64 bits per heavy atom. The number of halogens is 1. The average molecular weight is 299 g/mol. The zero-order valence-corrected chi connectivity index (χ0v) is 12.9. The minimum Gasteiger partial charge on any atom is -0.485 e. The molecule has 2 aromatic carbocycles. The van der Waals surface area contributed by atoms with Gasteiger partial charge in [0.2, 0.25) is 0 Å². The van der Waals surface area contributed by atoms with Crippen molar-refractivity contribution in [3.63, 3.8) is 0 Å². The monoisotopic (exact) mass is 299 g/mol. The van der Waals surface area contributed by atoms with E-state index in [0.717, 1.165) is 31.7 Å². The van der Waals surface area contributed by atoms with E-state index >= 15 is 0 Å². The van der Waals surface area contributed by atoms with Gasteiger partial charge in [-0.2, -0.15) is 0 Å². The van der Waals surface area contributed by atoms with Crippen LogP contribution in [0.5, 0.6) is 5.75 Å². The highest BCUT2D eigenvalue weighted by Gasteiger charge is 2.28. The molecule has 1 aliphatic heterocycles. The first-order chi connectivity index (χ1) is 10.7. The zero-order valence-electron chi connectivity index (χ0n) is 12.9. The molecule has 3 rings (SSSR count). The van der Waals surface area contributed by atoms with Crippen LogP contribution in [0.4, 0.5) is 4.39 Å². The molecular formula is C19H22FNO. The molecular weight excluding hydrogens is 277 g/mol.